The Morgan fingerprint density at radius 3 is 2.65 bits per heavy atom. The zero-order valence-corrected chi connectivity index (χ0v) is 21.8. The molecule has 0 bridgehead atoms. The van der Waals surface area contributed by atoms with Gasteiger partial charge in [-0.1, -0.05) is 34.7 Å². The highest BCUT2D eigenvalue weighted by Gasteiger charge is 2.40. The number of thiazole rings is 1. The molecule has 2 aliphatic heterocycles. The lowest BCUT2D eigenvalue weighted by molar-refractivity contribution is -0.138. The summed E-state index contributed by atoms with van der Waals surface area (Å²) in [7, 11) is -4.75. The summed E-state index contributed by atoms with van der Waals surface area (Å²) in [6.07, 6.45) is 13.3. The lowest BCUT2D eigenvalue weighted by Gasteiger charge is -2.26. The number of carbonyl (C=O) groups is 1. The van der Waals surface area contributed by atoms with Crippen molar-refractivity contribution in [2.75, 3.05) is 19.7 Å². The molecule has 3 rings (SSSR count). The number of hydrogen-bond donors (Lipinski definition) is 1. The van der Waals surface area contributed by atoms with E-state index < -0.39 is 27.8 Å². The van der Waals surface area contributed by atoms with E-state index in [2.05, 4.69) is 45.3 Å². The van der Waals surface area contributed by atoms with Crippen molar-refractivity contribution < 1.29 is 26.7 Å². The van der Waals surface area contributed by atoms with E-state index in [1.54, 1.807) is 29.5 Å². The zero-order valence-electron chi connectivity index (χ0n) is 18.6. The molecule has 1 fully saturated rings. The van der Waals surface area contributed by atoms with Crippen LogP contribution in [0.3, 0.4) is 0 Å². The van der Waals surface area contributed by atoms with Gasteiger partial charge in [-0.15, -0.1) is 24.2 Å². The molecule has 1 saturated heterocycles. The number of sulfonamides is 1. The number of carbonyl (C=O) groups excluding carboxylic acids is 1. The molecule has 0 aromatic carbocycles. The van der Waals surface area contributed by atoms with Crippen molar-refractivity contribution in [2.45, 2.75) is 32.1 Å². The van der Waals surface area contributed by atoms with Gasteiger partial charge in [-0.2, -0.15) is 8.78 Å². The molecule has 0 aliphatic carbocycles. The van der Waals surface area contributed by atoms with E-state index in [1.807, 2.05) is 17.7 Å². The fourth-order valence-electron chi connectivity index (χ4n) is 3.01. The average Bonchev–Trinajstić information content (AvgIpc) is 3.44. The van der Waals surface area contributed by atoms with Gasteiger partial charge in [0.1, 0.15) is 0 Å². The predicted molar refractivity (Wildman–Crippen MR) is 133 cm³/mol. The van der Waals surface area contributed by atoms with E-state index in [9.17, 15) is 22.0 Å². The number of alkyl halides is 2. The van der Waals surface area contributed by atoms with Crippen LogP contribution in [0.15, 0.2) is 51.1 Å². The SMILES string of the molecule is C#C.C=C/C=C(\C)Br.CCOC(=O)C1=C2C[C@H](NS(=O)(=O)C(F)F)CN2C(c2nccs2)=NC1. The number of esters is 1. The normalized spacial score (nSPS) is 17.6. The van der Waals surface area contributed by atoms with Crippen LogP contribution in [0.1, 0.15) is 25.3 Å². The summed E-state index contributed by atoms with van der Waals surface area (Å²) < 4.78 is 56.4. The minimum Gasteiger partial charge on any atom is -0.463 e. The number of rotatable bonds is 7. The van der Waals surface area contributed by atoms with Crippen molar-refractivity contribution in [3.63, 3.8) is 0 Å². The lowest BCUT2D eigenvalue weighted by Crippen LogP contribution is -2.41. The number of nitrogens with one attached hydrogen (secondary N) is 1. The van der Waals surface area contributed by atoms with Gasteiger partial charge in [-0.05, 0) is 18.3 Å². The van der Waals surface area contributed by atoms with Gasteiger partial charge in [0.15, 0.2) is 10.8 Å². The molecule has 0 saturated carbocycles. The van der Waals surface area contributed by atoms with Crippen LogP contribution in [0.5, 0.6) is 0 Å². The Labute approximate surface area is 210 Å². The Morgan fingerprint density at radius 1 is 1.50 bits per heavy atom. The topological polar surface area (TPSA) is 101 Å². The van der Waals surface area contributed by atoms with Crippen LogP contribution >= 0.6 is 27.3 Å². The van der Waals surface area contributed by atoms with Gasteiger partial charge in [0, 0.05) is 36.3 Å². The number of aromatic nitrogens is 1. The molecule has 0 radical (unpaired) electrons. The standard InChI is InChI=1S/C14H16F2N4O4S2.C5H7Br.C2H2/c1-2-24-13(21)9-6-18-11(12-17-3-4-25-12)20-7-8(5-10(9)20)19-26(22,23)14(15)16;1-3-4-5(2)6;1-2/h3-4,8,14,19H,2,5-7H2,1H3;3-4H,1H2,2H3;1-2H/b;5-4+;/t8-;;/m0../s1. The first-order valence-corrected chi connectivity index (χ1v) is 13.0. The number of nitrogens with zero attached hydrogens (tertiary/aromatic N) is 3. The second-order valence-electron chi connectivity index (χ2n) is 6.55. The van der Waals surface area contributed by atoms with Crippen molar-refractivity contribution in [3.05, 3.63) is 51.1 Å². The van der Waals surface area contributed by atoms with Gasteiger partial charge in [0.25, 0.3) is 10.0 Å². The Hall–Kier alpha value is -2.40. The number of fused-ring (bicyclic) bond motifs is 1. The Morgan fingerprint density at radius 2 is 2.18 bits per heavy atom. The first-order valence-electron chi connectivity index (χ1n) is 9.79. The maximum atomic E-state index is 12.7. The Bertz CT molecular complexity index is 1060. The summed E-state index contributed by atoms with van der Waals surface area (Å²) in [4.78, 5) is 22.4. The van der Waals surface area contributed by atoms with Crippen LogP contribution in [-0.2, 0) is 19.6 Å². The summed E-state index contributed by atoms with van der Waals surface area (Å²) in [5, 5.41) is 2.36. The van der Waals surface area contributed by atoms with Gasteiger partial charge in [-0.25, -0.2) is 22.9 Å². The second kappa shape index (κ2) is 14.1. The summed E-state index contributed by atoms with van der Waals surface area (Å²) in [5.41, 5.74) is 0.816. The van der Waals surface area contributed by atoms with Crippen molar-refractivity contribution in [1.29, 1.82) is 0 Å². The molecule has 1 aromatic heterocycles. The van der Waals surface area contributed by atoms with Crippen LogP contribution in [-0.4, -0.2) is 61.6 Å². The molecule has 1 aromatic rings. The summed E-state index contributed by atoms with van der Waals surface area (Å²) in [6.45, 7) is 7.44. The highest BCUT2D eigenvalue weighted by atomic mass is 79.9. The van der Waals surface area contributed by atoms with Crippen molar-refractivity contribution in [1.82, 2.24) is 14.6 Å². The minimum absolute atomic E-state index is 0.0634. The van der Waals surface area contributed by atoms with Gasteiger partial charge in [0.2, 0.25) is 0 Å². The predicted octanol–water partition coefficient (Wildman–Crippen LogP) is 3.66. The second-order valence-corrected chi connectivity index (χ2v) is 10.4. The molecule has 186 valence electrons. The van der Waals surface area contributed by atoms with Crippen LogP contribution in [0.25, 0.3) is 0 Å². The Balaban J connectivity index is 0.000000631. The quantitative estimate of drug-likeness (QED) is 0.301. The monoisotopic (exact) mass is 578 g/mol. The van der Waals surface area contributed by atoms with Gasteiger partial charge < -0.3 is 9.64 Å². The molecule has 34 heavy (non-hydrogen) atoms. The minimum atomic E-state index is -4.75. The van der Waals surface area contributed by atoms with E-state index >= 15 is 0 Å². The number of terminal acetylenes is 1. The number of ether oxygens (including phenoxy) is 1. The zero-order chi connectivity index (χ0) is 25.9. The molecule has 0 spiro atoms. The van der Waals surface area contributed by atoms with E-state index in [1.165, 1.54) is 11.3 Å². The van der Waals surface area contributed by atoms with Crippen LogP contribution in [0, 0.1) is 12.8 Å². The molecular weight excluding hydrogens is 554 g/mol. The molecule has 0 amide bonds. The fourth-order valence-corrected chi connectivity index (χ4v) is 4.58. The van der Waals surface area contributed by atoms with Gasteiger partial charge in [-0.3, -0.25) is 4.99 Å². The highest BCUT2D eigenvalue weighted by molar-refractivity contribution is 9.11. The summed E-state index contributed by atoms with van der Waals surface area (Å²) >= 11 is 4.56. The Kier molecular flexibility index (Phi) is 12.3. The van der Waals surface area contributed by atoms with E-state index in [0.29, 0.717) is 22.1 Å². The summed E-state index contributed by atoms with van der Waals surface area (Å²) in [6, 6.07) is -0.809. The van der Waals surface area contributed by atoms with Gasteiger partial charge in [0.05, 0.1) is 18.7 Å². The molecule has 3 heterocycles. The number of halogens is 3. The van der Waals surface area contributed by atoms with Crippen LogP contribution in [0.2, 0.25) is 0 Å². The molecule has 1 atom stereocenters. The maximum absolute atomic E-state index is 12.7. The third-order valence-electron chi connectivity index (χ3n) is 4.22. The van der Waals surface area contributed by atoms with Gasteiger partial charge >= 0.3 is 11.7 Å². The smallest absolute Gasteiger partial charge is 0.350 e. The molecule has 1 N–H and O–H groups in total. The lowest BCUT2D eigenvalue weighted by atomic mass is 10.1. The number of hydrogen-bond acceptors (Lipinski definition) is 8. The summed E-state index contributed by atoms with van der Waals surface area (Å²) in [5.74, 6) is -3.58. The number of allylic oxidation sites excluding steroid dienone is 3. The highest BCUT2D eigenvalue weighted by Crippen LogP contribution is 2.32. The molecule has 2 aliphatic rings. The first-order chi connectivity index (χ1) is 16.1. The third-order valence-corrected chi connectivity index (χ3v) is 6.38. The maximum Gasteiger partial charge on any atom is 0.350 e. The fraction of sp³-hybridized carbons (Fsp3) is 0.381. The molecule has 13 heteroatoms. The van der Waals surface area contributed by atoms with Crippen LogP contribution < -0.4 is 4.72 Å². The van der Waals surface area contributed by atoms with Crippen molar-refractivity contribution >= 4 is 49.1 Å². The average molecular weight is 579 g/mol. The van der Waals surface area contributed by atoms with Crippen molar-refractivity contribution in [3.8, 4) is 12.8 Å². The first kappa shape index (κ1) is 29.6. The van der Waals surface area contributed by atoms with E-state index in [0.717, 1.165) is 4.48 Å². The third kappa shape index (κ3) is 8.12. The van der Waals surface area contributed by atoms with E-state index in [4.69, 9.17) is 4.74 Å². The van der Waals surface area contributed by atoms with Crippen molar-refractivity contribution in [2.24, 2.45) is 4.99 Å². The van der Waals surface area contributed by atoms with Crippen LogP contribution in [0.4, 0.5) is 8.78 Å². The molecule has 8 nitrogen and oxygen atoms in total. The van der Waals surface area contributed by atoms with E-state index in [-0.39, 0.29) is 26.1 Å². The number of aliphatic imine (C=N–C) groups is 1. The molecular formula is C21H25BrF2N4O4S2. The largest absolute Gasteiger partial charge is 0.463 e. The number of amidine groups is 1. The molecule has 0 unspecified atom stereocenters.